The van der Waals surface area contributed by atoms with Crippen LogP contribution in [-0.4, -0.2) is 41.0 Å². The van der Waals surface area contributed by atoms with Crippen LogP contribution in [0.15, 0.2) is 21.7 Å². The molecule has 1 aliphatic heterocycles. The Morgan fingerprint density at radius 3 is 2.83 bits per heavy atom. The van der Waals surface area contributed by atoms with Gasteiger partial charge in [0.25, 0.3) is 5.91 Å². The lowest BCUT2D eigenvalue weighted by Gasteiger charge is -2.13. The smallest absolute Gasteiger partial charge is 0.371 e. The van der Waals surface area contributed by atoms with Crippen LogP contribution in [-0.2, 0) is 0 Å². The van der Waals surface area contributed by atoms with Crippen LogP contribution >= 0.6 is 0 Å². The zero-order chi connectivity index (χ0) is 13.1. The van der Waals surface area contributed by atoms with Crippen LogP contribution in [0.1, 0.15) is 27.5 Å². The molecule has 1 atom stereocenters. The van der Waals surface area contributed by atoms with Crippen molar-refractivity contribution < 1.29 is 19.1 Å². The number of carboxylic acid groups (broad SMARTS) is 1. The van der Waals surface area contributed by atoms with E-state index in [0.717, 1.165) is 0 Å². The molecular weight excluding hydrogens is 240 g/mol. The molecule has 0 aliphatic carbocycles. The van der Waals surface area contributed by atoms with Gasteiger partial charge in [0.05, 0.1) is 6.04 Å². The van der Waals surface area contributed by atoms with Gasteiger partial charge in [-0.3, -0.25) is 4.79 Å². The van der Waals surface area contributed by atoms with Gasteiger partial charge in [-0.2, -0.15) is 0 Å². The average molecular weight is 250 g/mol. The van der Waals surface area contributed by atoms with Gasteiger partial charge in [-0.1, -0.05) is 5.11 Å². The van der Waals surface area contributed by atoms with Crippen molar-refractivity contribution in [2.75, 3.05) is 13.1 Å². The maximum Gasteiger partial charge on any atom is 0.371 e. The molecule has 2 rings (SSSR count). The summed E-state index contributed by atoms with van der Waals surface area (Å²) >= 11 is 0. The van der Waals surface area contributed by atoms with Crippen LogP contribution in [0.4, 0.5) is 0 Å². The second-order valence-electron chi connectivity index (χ2n) is 3.87. The second kappa shape index (κ2) is 4.80. The monoisotopic (exact) mass is 250 g/mol. The molecule has 0 radical (unpaired) electrons. The summed E-state index contributed by atoms with van der Waals surface area (Å²) in [4.78, 5) is 26.7. The third-order valence-corrected chi connectivity index (χ3v) is 2.69. The fourth-order valence-electron chi connectivity index (χ4n) is 1.82. The third kappa shape index (κ3) is 2.28. The number of carboxylic acids is 1. The van der Waals surface area contributed by atoms with Crippen LogP contribution in [0, 0.1) is 0 Å². The predicted octanol–water partition coefficient (Wildman–Crippen LogP) is 1.50. The summed E-state index contributed by atoms with van der Waals surface area (Å²) in [6, 6.07) is 2.33. The minimum Gasteiger partial charge on any atom is -0.475 e. The van der Waals surface area contributed by atoms with Crippen molar-refractivity contribution in [1.29, 1.82) is 0 Å². The first-order valence-corrected chi connectivity index (χ1v) is 5.28. The Bertz CT molecular complexity index is 532. The van der Waals surface area contributed by atoms with E-state index in [4.69, 9.17) is 15.1 Å². The van der Waals surface area contributed by atoms with Crippen molar-refractivity contribution >= 4 is 11.9 Å². The van der Waals surface area contributed by atoms with Gasteiger partial charge in [0.2, 0.25) is 5.76 Å². The number of amides is 1. The van der Waals surface area contributed by atoms with Crippen molar-refractivity contribution in [1.82, 2.24) is 4.90 Å². The lowest BCUT2D eigenvalue weighted by Crippen LogP contribution is -2.28. The molecule has 94 valence electrons. The number of carbonyl (C=O) groups is 2. The van der Waals surface area contributed by atoms with Crippen LogP contribution in [0.25, 0.3) is 10.4 Å². The fraction of sp³-hybridized carbons (Fsp3) is 0.400. The molecule has 1 saturated heterocycles. The zero-order valence-electron chi connectivity index (χ0n) is 9.31. The highest BCUT2D eigenvalue weighted by molar-refractivity contribution is 5.93. The molecule has 2 heterocycles. The van der Waals surface area contributed by atoms with Crippen molar-refractivity contribution in [2.24, 2.45) is 5.11 Å². The van der Waals surface area contributed by atoms with Crippen LogP contribution in [0.5, 0.6) is 0 Å². The Hall–Kier alpha value is -2.47. The molecule has 1 unspecified atom stereocenters. The van der Waals surface area contributed by atoms with Gasteiger partial charge in [0.1, 0.15) is 0 Å². The number of hydrogen-bond donors (Lipinski definition) is 1. The molecule has 8 nitrogen and oxygen atoms in total. The lowest BCUT2D eigenvalue weighted by molar-refractivity contribution is 0.0653. The van der Waals surface area contributed by atoms with Gasteiger partial charge >= 0.3 is 5.97 Å². The molecule has 0 bridgehead atoms. The van der Waals surface area contributed by atoms with Crippen LogP contribution in [0.3, 0.4) is 0 Å². The average Bonchev–Trinajstić information content (AvgIpc) is 2.97. The topological polar surface area (TPSA) is 120 Å². The Morgan fingerprint density at radius 2 is 2.22 bits per heavy atom. The number of hydrogen-bond acceptors (Lipinski definition) is 4. The number of azide groups is 1. The van der Waals surface area contributed by atoms with Gasteiger partial charge in [-0.15, -0.1) is 0 Å². The standard InChI is InChI=1S/C10H10N4O4/c11-13-12-6-3-4-14(5-6)9(15)7-1-2-8(18-7)10(16)17/h1-2,6H,3-5H2,(H,16,17). The van der Waals surface area contributed by atoms with E-state index in [0.29, 0.717) is 19.5 Å². The van der Waals surface area contributed by atoms with Crippen LogP contribution < -0.4 is 0 Å². The van der Waals surface area contributed by atoms with E-state index in [1.165, 1.54) is 17.0 Å². The van der Waals surface area contributed by atoms with Crippen molar-refractivity contribution in [3.63, 3.8) is 0 Å². The largest absolute Gasteiger partial charge is 0.475 e. The van der Waals surface area contributed by atoms with Gasteiger partial charge in [-0.05, 0) is 24.1 Å². The highest BCUT2D eigenvalue weighted by Crippen LogP contribution is 2.17. The molecule has 1 aliphatic rings. The van der Waals surface area contributed by atoms with E-state index in [1.807, 2.05) is 0 Å². The molecule has 1 fully saturated rings. The maximum absolute atomic E-state index is 11.9. The molecule has 0 saturated carbocycles. The minimum absolute atomic E-state index is 0.0195. The Balaban J connectivity index is 2.07. The predicted molar refractivity (Wildman–Crippen MR) is 59.1 cm³/mol. The first-order chi connectivity index (χ1) is 8.61. The molecule has 1 aromatic rings. The molecule has 8 heteroatoms. The summed E-state index contributed by atoms with van der Waals surface area (Å²) in [6.45, 7) is 0.789. The molecule has 0 spiro atoms. The summed E-state index contributed by atoms with van der Waals surface area (Å²) in [5, 5.41) is 12.2. The van der Waals surface area contributed by atoms with E-state index < -0.39 is 11.9 Å². The van der Waals surface area contributed by atoms with E-state index >= 15 is 0 Å². The normalized spacial score (nSPS) is 18.4. The van der Waals surface area contributed by atoms with Crippen molar-refractivity contribution in [3.8, 4) is 0 Å². The Labute approximate surface area is 101 Å². The molecule has 1 amide bonds. The first-order valence-electron chi connectivity index (χ1n) is 5.28. The molecule has 18 heavy (non-hydrogen) atoms. The first kappa shape index (κ1) is 12.0. The number of rotatable bonds is 3. The Morgan fingerprint density at radius 1 is 1.50 bits per heavy atom. The Kier molecular flexibility index (Phi) is 3.20. The highest BCUT2D eigenvalue weighted by Gasteiger charge is 2.28. The summed E-state index contributed by atoms with van der Waals surface area (Å²) in [5.74, 6) is -1.90. The van der Waals surface area contributed by atoms with Gasteiger partial charge in [0.15, 0.2) is 5.76 Å². The van der Waals surface area contributed by atoms with E-state index in [9.17, 15) is 9.59 Å². The van der Waals surface area contributed by atoms with E-state index in [1.54, 1.807) is 0 Å². The number of likely N-dealkylation sites (tertiary alicyclic amines) is 1. The molecular formula is C10H10N4O4. The number of carbonyl (C=O) groups excluding carboxylic acids is 1. The second-order valence-corrected chi connectivity index (χ2v) is 3.87. The van der Waals surface area contributed by atoms with Crippen molar-refractivity contribution in [2.45, 2.75) is 12.5 Å². The highest BCUT2D eigenvalue weighted by atomic mass is 16.4. The molecule has 1 aromatic heterocycles. The van der Waals surface area contributed by atoms with Gasteiger partial charge in [0, 0.05) is 18.0 Å². The maximum atomic E-state index is 11.9. The van der Waals surface area contributed by atoms with E-state index in [-0.39, 0.29) is 17.6 Å². The van der Waals surface area contributed by atoms with E-state index in [2.05, 4.69) is 10.0 Å². The number of nitrogens with zero attached hydrogens (tertiary/aromatic N) is 4. The number of aromatic carboxylic acids is 1. The zero-order valence-corrected chi connectivity index (χ0v) is 9.31. The molecule has 0 aromatic carbocycles. The van der Waals surface area contributed by atoms with Crippen LogP contribution in [0.2, 0.25) is 0 Å². The summed E-state index contributed by atoms with van der Waals surface area (Å²) in [6.07, 6.45) is 0.600. The summed E-state index contributed by atoms with van der Waals surface area (Å²) in [5.41, 5.74) is 8.30. The summed E-state index contributed by atoms with van der Waals surface area (Å²) in [7, 11) is 0. The quantitative estimate of drug-likeness (QED) is 0.496. The third-order valence-electron chi connectivity index (χ3n) is 2.69. The van der Waals surface area contributed by atoms with Crippen molar-refractivity contribution in [3.05, 3.63) is 34.1 Å². The fourth-order valence-corrected chi connectivity index (χ4v) is 1.82. The molecule has 1 N–H and O–H groups in total. The van der Waals surface area contributed by atoms with Gasteiger partial charge < -0.3 is 14.4 Å². The summed E-state index contributed by atoms with van der Waals surface area (Å²) < 4.78 is 4.92. The lowest BCUT2D eigenvalue weighted by atomic mass is 10.3. The number of furan rings is 1. The van der Waals surface area contributed by atoms with Gasteiger partial charge in [-0.25, -0.2) is 4.79 Å². The minimum atomic E-state index is -1.22. The SMILES string of the molecule is [N-]=[N+]=NC1CCN(C(=O)c2ccc(C(=O)O)o2)C1.